The molecular weight excluding hydrogens is 345 g/mol. The molecule has 3 aromatic rings. The van der Waals surface area contributed by atoms with E-state index in [1.165, 1.54) is 12.1 Å². The quantitative estimate of drug-likeness (QED) is 0.648. The van der Waals surface area contributed by atoms with Crippen LogP contribution >= 0.6 is 22.9 Å². The van der Waals surface area contributed by atoms with E-state index < -0.39 is 0 Å². The molecular formula is C18H11ClFN3S. The number of halogens is 2. The lowest BCUT2D eigenvalue weighted by molar-refractivity contribution is 0.628. The van der Waals surface area contributed by atoms with Crippen molar-refractivity contribution in [2.24, 2.45) is 9.98 Å². The van der Waals surface area contributed by atoms with Gasteiger partial charge in [-0.25, -0.2) is 14.4 Å². The van der Waals surface area contributed by atoms with Crippen LogP contribution in [0.3, 0.4) is 0 Å². The van der Waals surface area contributed by atoms with E-state index in [0.29, 0.717) is 28.1 Å². The van der Waals surface area contributed by atoms with Crippen molar-refractivity contribution in [3.63, 3.8) is 0 Å². The Morgan fingerprint density at radius 1 is 1.00 bits per heavy atom. The molecule has 2 aromatic carbocycles. The lowest BCUT2D eigenvalue weighted by Gasteiger charge is -2.09. The second-order valence-corrected chi connectivity index (χ2v) is 6.55. The second-order valence-electron chi connectivity index (χ2n) is 5.17. The third kappa shape index (κ3) is 2.96. The number of hydrogen-bond acceptors (Lipinski definition) is 4. The average molecular weight is 356 g/mol. The molecule has 118 valence electrons. The molecule has 0 amide bonds. The van der Waals surface area contributed by atoms with Crippen molar-refractivity contribution in [1.29, 1.82) is 0 Å². The minimum atomic E-state index is -0.327. The van der Waals surface area contributed by atoms with Crippen LogP contribution in [0.4, 0.5) is 15.8 Å². The predicted molar refractivity (Wildman–Crippen MR) is 98.5 cm³/mol. The number of aliphatic imine (C=N–C) groups is 2. The Morgan fingerprint density at radius 3 is 2.58 bits per heavy atom. The lowest BCUT2D eigenvalue weighted by atomic mass is 10.2. The normalized spacial score (nSPS) is 13.4. The summed E-state index contributed by atoms with van der Waals surface area (Å²) in [6.07, 6.45) is 0. The van der Waals surface area contributed by atoms with E-state index in [1.807, 2.05) is 29.6 Å². The van der Waals surface area contributed by atoms with E-state index in [1.54, 1.807) is 29.5 Å². The topological polar surface area (TPSA) is 36.8 Å². The molecule has 2 heterocycles. The average Bonchev–Trinajstić information content (AvgIpc) is 3.04. The highest BCUT2D eigenvalue weighted by Crippen LogP contribution is 2.30. The van der Waals surface area contributed by atoms with Gasteiger partial charge in [-0.05, 0) is 53.9 Å². The van der Waals surface area contributed by atoms with E-state index in [-0.39, 0.29) is 5.82 Å². The van der Waals surface area contributed by atoms with Gasteiger partial charge in [0.25, 0.3) is 0 Å². The van der Waals surface area contributed by atoms with Gasteiger partial charge in [0.1, 0.15) is 11.7 Å². The monoisotopic (exact) mass is 355 g/mol. The van der Waals surface area contributed by atoms with Crippen molar-refractivity contribution >= 4 is 46.0 Å². The first kappa shape index (κ1) is 15.1. The van der Waals surface area contributed by atoms with Crippen LogP contribution in [0.2, 0.25) is 5.02 Å². The Balaban J connectivity index is 1.88. The zero-order chi connectivity index (χ0) is 16.5. The molecule has 0 fully saturated rings. The minimum Gasteiger partial charge on any atom is -0.338 e. The summed E-state index contributed by atoms with van der Waals surface area (Å²) in [6.45, 7) is 0. The summed E-state index contributed by atoms with van der Waals surface area (Å²) in [7, 11) is 0. The summed E-state index contributed by atoms with van der Waals surface area (Å²) >= 11 is 7.52. The van der Waals surface area contributed by atoms with Crippen molar-refractivity contribution in [3.05, 3.63) is 81.3 Å². The van der Waals surface area contributed by atoms with Gasteiger partial charge in [-0.3, -0.25) is 0 Å². The number of anilines is 1. The summed E-state index contributed by atoms with van der Waals surface area (Å²) < 4.78 is 13.6. The fourth-order valence-corrected chi connectivity index (χ4v) is 3.15. The zero-order valence-corrected chi connectivity index (χ0v) is 13.9. The number of benzene rings is 2. The maximum atomic E-state index is 13.6. The second kappa shape index (κ2) is 6.19. The summed E-state index contributed by atoms with van der Waals surface area (Å²) in [6, 6.07) is 15.7. The van der Waals surface area contributed by atoms with Crippen LogP contribution in [-0.4, -0.2) is 11.7 Å². The van der Waals surface area contributed by atoms with Crippen molar-refractivity contribution < 1.29 is 4.39 Å². The van der Waals surface area contributed by atoms with Gasteiger partial charge in [0.05, 0.1) is 16.3 Å². The maximum Gasteiger partial charge on any atom is 0.172 e. The zero-order valence-electron chi connectivity index (χ0n) is 12.3. The minimum absolute atomic E-state index is 0.327. The molecule has 1 aliphatic rings. The predicted octanol–water partition coefficient (Wildman–Crippen LogP) is 5.49. The molecule has 24 heavy (non-hydrogen) atoms. The van der Waals surface area contributed by atoms with E-state index in [0.717, 1.165) is 10.4 Å². The molecule has 0 bridgehead atoms. The van der Waals surface area contributed by atoms with Gasteiger partial charge < -0.3 is 5.32 Å². The van der Waals surface area contributed by atoms with Crippen molar-refractivity contribution in [3.8, 4) is 0 Å². The van der Waals surface area contributed by atoms with Crippen LogP contribution in [0, 0.1) is 5.82 Å². The van der Waals surface area contributed by atoms with E-state index in [2.05, 4.69) is 15.3 Å². The molecule has 0 atom stereocenters. The Morgan fingerprint density at radius 2 is 1.83 bits per heavy atom. The molecule has 0 aliphatic carbocycles. The Kier molecular flexibility index (Phi) is 3.88. The molecule has 0 spiro atoms. The van der Waals surface area contributed by atoms with Gasteiger partial charge in [0, 0.05) is 10.6 Å². The van der Waals surface area contributed by atoms with Crippen molar-refractivity contribution in [1.82, 2.24) is 0 Å². The smallest absolute Gasteiger partial charge is 0.172 e. The largest absolute Gasteiger partial charge is 0.338 e. The van der Waals surface area contributed by atoms with Crippen LogP contribution in [0.1, 0.15) is 10.4 Å². The maximum absolute atomic E-state index is 13.6. The molecule has 0 radical (unpaired) electrons. The lowest BCUT2D eigenvalue weighted by Crippen LogP contribution is -2.14. The van der Waals surface area contributed by atoms with Gasteiger partial charge in [-0.1, -0.05) is 17.7 Å². The van der Waals surface area contributed by atoms with Gasteiger partial charge in [-0.15, -0.1) is 11.3 Å². The number of rotatable bonds is 2. The molecule has 1 aliphatic heterocycles. The molecule has 1 aromatic heterocycles. The standard InChI is InChI=1S/C18H11ClFN3S/c19-12-5-3-11(4-6-12)17-22-15-10-13(20)7-8-14(15)21-18(23-17)16-2-1-9-24-16/h1-10H,(H,21,22,23). The van der Waals surface area contributed by atoms with Gasteiger partial charge in [-0.2, -0.15) is 0 Å². The van der Waals surface area contributed by atoms with Crippen LogP contribution in [0.5, 0.6) is 0 Å². The fourth-order valence-electron chi connectivity index (χ4n) is 2.37. The van der Waals surface area contributed by atoms with Crippen molar-refractivity contribution in [2.75, 3.05) is 5.32 Å². The highest BCUT2D eigenvalue weighted by molar-refractivity contribution is 7.12. The van der Waals surface area contributed by atoms with E-state index in [4.69, 9.17) is 11.6 Å². The molecule has 3 nitrogen and oxygen atoms in total. The summed E-state index contributed by atoms with van der Waals surface area (Å²) in [4.78, 5) is 10.2. The van der Waals surface area contributed by atoms with Gasteiger partial charge >= 0.3 is 0 Å². The third-order valence-corrected chi connectivity index (χ3v) is 4.63. The SMILES string of the molecule is Fc1ccc2c(c1)NC(c1ccc(Cl)cc1)=NC(c1cccs1)=N2. The molecule has 1 N–H and O–H groups in total. The van der Waals surface area contributed by atoms with Crippen LogP contribution in [0.15, 0.2) is 70.0 Å². The first-order valence-electron chi connectivity index (χ1n) is 7.23. The van der Waals surface area contributed by atoms with E-state index >= 15 is 0 Å². The summed E-state index contributed by atoms with van der Waals surface area (Å²) in [5.41, 5.74) is 2.07. The van der Waals surface area contributed by atoms with Crippen LogP contribution < -0.4 is 5.32 Å². The third-order valence-electron chi connectivity index (χ3n) is 3.51. The highest BCUT2D eigenvalue weighted by atomic mass is 35.5. The molecule has 0 saturated carbocycles. The Bertz CT molecular complexity index is 947. The first-order chi connectivity index (χ1) is 11.7. The summed E-state index contributed by atoms with van der Waals surface area (Å²) in [5, 5.41) is 5.80. The Labute approximate surface area is 147 Å². The van der Waals surface area contributed by atoms with E-state index in [9.17, 15) is 4.39 Å². The number of nitrogens with zero attached hydrogens (tertiary/aromatic N) is 2. The first-order valence-corrected chi connectivity index (χ1v) is 8.48. The fraction of sp³-hybridized carbons (Fsp3) is 0. The molecule has 0 unspecified atom stereocenters. The van der Waals surface area contributed by atoms with Gasteiger partial charge in [0.2, 0.25) is 0 Å². The van der Waals surface area contributed by atoms with Crippen LogP contribution in [0.25, 0.3) is 0 Å². The number of fused-ring (bicyclic) bond motifs is 1. The van der Waals surface area contributed by atoms with Crippen molar-refractivity contribution in [2.45, 2.75) is 0 Å². The highest BCUT2D eigenvalue weighted by Gasteiger charge is 2.16. The Hall–Kier alpha value is -2.50. The number of nitrogens with one attached hydrogen (secondary N) is 1. The number of amidine groups is 2. The molecule has 6 heteroatoms. The van der Waals surface area contributed by atoms with Gasteiger partial charge in [0.15, 0.2) is 5.84 Å². The number of hydrogen-bond donors (Lipinski definition) is 1. The number of thiophene rings is 1. The molecule has 4 rings (SSSR count). The summed E-state index contributed by atoms with van der Waals surface area (Å²) in [5.74, 6) is 0.863. The van der Waals surface area contributed by atoms with Crippen LogP contribution in [-0.2, 0) is 0 Å². The molecule has 0 saturated heterocycles.